The molecular weight excluding hydrogens is 330 g/mol. The molecule has 0 saturated carbocycles. The molecule has 0 spiro atoms. The van der Waals surface area contributed by atoms with Gasteiger partial charge in [-0.15, -0.1) is 0 Å². The quantitative estimate of drug-likeness (QED) is 0.613. The summed E-state index contributed by atoms with van der Waals surface area (Å²) in [4.78, 5) is 26.3. The Balaban J connectivity index is 1.58. The summed E-state index contributed by atoms with van der Waals surface area (Å²) < 4.78 is 10.4. The molecular formula is C21H21NO4. The fraction of sp³-hybridized carbons (Fsp3) is 0.238. The Bertz CT molecular complexity index is 826. The van der Waals surface area contributed by atoms with Crippen LogP contribution in [-0.4, -0.2) is 31.6 Å². The van der Waals surface area contributed by atoms with Gasteiger partial charge in [0.15, 0.2) is 6.10 Å². The Morgan fingerprint density at radius 3 is 2.58 bits per heavy atom. The van der Waals surface area contributed by atoms with Gasteiger partial charge in [0.05, 0.1) is 7.11 Å². The van der Waals surface area contributed by atoms with Crippen molar-refractivity contribution in [3.05, 3.63) is 65.7 Å². The summed E-state index contributed by atoms with van der Waals surface area (Å²) in [7, 11) is 1.60. The third-order valence-electron chi connectivity index (χ3n) is 4.32. The van der Waals surface area contributed by atoms with Crippen molar-refractivity contribution in [3.8, 4) is 5.75 Å². The summed E-state index contributed by atoms with van der Waals surface area (Å²) in [5, 5.41) is 0. The third-order valence-corrected chi connectivity index (χ3v) is 4.32. The van der Waals surface area contributed by atoms with E-state index >= 15 is 0 Å². The van der Waals surface area contributed by atoms with Crippen molar-refractivity contribution in [2.24, 2.45) is 0 Å². The summed E-state index contributed by atoms with van der Waals surface area (Å²) >= 11 is 0. The van der Waals surface area contributed by atoms with Crippen molar-refractivity contribution < 1.29 is 19.1 Å². The van der Waals surface area contributed by atoms with Crippen molar-refractivity contribution in [2.45, 2.75) is 19.4 Å². The molecule has 134 valence electrons. The van der Waals surface area contributed by atoms with Gasteiger partial charge in [-0.1, -0.05) is 30.3 Å². The molecule has 2 aromatic rings. The Morgan fingerprint density at radius 2 is 1.85 bits per heavy atom. The van der Waals surface area contributed by atoms with Crippen molar-refractivity contribution in [3.63, 3.8) is 0 Å². The van der Waals surface area contributed by atoms with Gasteiger partial charge in [0.2, 0.25) is 0 Å². The smallest absolute Gasteiger partial charge is 0.331 e. The van der Waals surface area contributed by atoms with Crippen LogP contribution in [0.4, 0.5) is 5.69 Å². The molecule has 0 N–H and O–H groups in total. The second-order valence-electron chi connectivity index (χ2n) is 6.05. The maximum absolute atomic E-state index is 12.6. The minimum atomic E-state index is -0.839. The Kier molecular flexibility index (Phi) is 5.37. The highest BCUT2D eigenvalue weighted by atomic mass is 16.5. The van der Waals surface area contributed by atoms with E-state index in [-0.39, 0.29) is 5.91 Å². The van der Waals surface area contributed by atoms with Crippen LogP contribution < -0.4 is 9.64 Å². The highest BCUT2D eigenvalue weighted by Gasteiger charge is 2.29. The minimum absolute atomic E-state index is 0.207. The van der Waals surface area contributed by atoms with Crippen LogP contribution in [0.25, 0.3) is 6.08 Å². The molecule has 0 aromatic heterocycles. The zero-order chi connectivity index (χ0) is 18.5. The lowest BCUT2D eigenvalue weighted by atomic mass is 10.2. The van der Waals surface area contributed by atoms with Crippen LogP contribution in [0.15, 0.2) is 54.6 Å². The summed E-state index contributed by atoms with van der Waals surface area (Å²) in [6, 6.07) is 15.1. The van der Waals surface area contributed by atoms with Gasteiger partial charge < -0.3 is 14.4 Å². The lowest BCUT2D eigenvalue weighted by Gasteiger charge is -2.21. The molecule has 0 saturated heterocycles. The number of esters is 1. The molecule has 1 aliphatic heterocycles. The monoisotopic (exact) mass is 351 g/mol. The predicted octanol–water partition coefficient (Wildman–Crippen LogP) is 3.23. The fourth-order valence-corrected chi connectivity index (χ4v) is 2.93. The number of benzene rings is 2. The number of para-hydroxylation sites is 1. The highest BCUT2D eigenvalue weighted by Crippen LogP contribution is 2.28. The normalized spacial score (nSPS) is 14.2. The van der Waals surface area contributed by atoms with Gasteiger partial charge in [-0.2, -0.15) is 0 Å². The number of carbonyl (C=O) groups excluding carboxylic acids is 2. The highest BCUT2D eigenvalue weighted by molar-refractivity contribution is 6.00. The van der Waals surface area contributed by atoms with E-state index in [1.807, 2.05) is 48.5 Å². The van der Waals surface area contributed by atoms with Crippen LogP contribution >= 0.6 is 0 Å². The molecule has 26 heavy (non-hydrogen) atoms. The number of amides is 1. The second-order valence-corrected chi connectivity index (χ2v) is 6.05. The molecule has 5 nitrogen and oxygen atoms in total. The number of rotatable bonds is 5. The average Bonchev–Trinajstić information content (AvgIpc) is 3.10. The number of carbonyl (C=O) groups is 2. The fourth-order valence-electron chi connectivity index (χ4n) is 2.93. The van der Waals surface area contributed by atoms with E-state index in [0.717, 1.165) is 29.0 Å². The van der Waals surface area contributed by atoms with E-state index in [1.54, 1.807) is 25.0 Å². The maximum Gasteiger partial charge on any atom is 0.331 e. The SMILES string of the molecule is COc1ccc(/C=C/C(=O)O[C@@H](C)C(=O)N2CCc3ccccc32)cc1. The first kappa shape index (κ1) is 17.7. The standard InChI is InChI=1S/C21H21NO4/c1-15(21(24)22-14-13-17-5-3-4-6-19(17)22)26-20(23)12-9-16-7-10-18(25-2)11-8-16/h3-12,15H,13-14H2,1-2H3/b12-9+/t15-/m0/s1. The lowest BCUT2D eigenvalue weighted by molar-refractivity contribution is -0.149. The van der Waals surface area contributed by atoms with Gasteiger partial charge in [-0.25, -0.2) is 4.79 Å². The largest absolute Gasteiger partial charge is 0.497 e. The second kappa shape index (κ2) is 7.87. The van der Waals surface area contributed by atoms with E-state index in [9.17, 15) is 9.59 Å². The predicted molar refractivity (Wildman–Crippen MR) is 100 cm³/mol. The van der Waals surface area contributed by atoms with E-state index in [0.29, 0.717) is 6.54 Å². The van der Waals surface area contributed by atoms with Crippen molar-refractivity contribution in [1.29, 1.82) is 0 Å². The summed E-state index contributed by atoms with van der Waals surface area (Å²) in [6.45, 7) is 2.21. The van der Waals surface area contributed by atoms with Gasteiger partial charge in [0.1, 0.15) is 5.75 Å². The Labute approximate surface area is 152 Å². The van der Waals surface area contributed by atoms with Crippen molar-refractivity contribution >= 4 is 23.6 Å². The first-order chi connectivity index (χ1) is 12.6. The number of fused-ring (bicyclic) bond motifs is 1. The maximum atomic E-state index is 12.6. The van der Waals surface area contributed by atoms with E-state index in [4.69, 9.17) is 9.47 Å². The molecule has 1 aliphatic rings. The zero-order valence-corrected chi connectivity index (χ0v) is 14.8. The molecule has 0 unspecified atom stereocenters. The number of anilines is 1. The average molecular weight is 351 g/mol. The van der Waals surface area contributed by atoms with Gasteiger partial charge in [0, 0.05) is 18.3 Å². The number of nitrogens with zero attached hydrogens (tertiary/aromatic N) is 1. The van der Waals surface area contributed by atoms with Gasteiger partial charge in [0.25, 0.3) is 5.91 Å². The van der Waals surface area contributed by atoms with E-state index in [2.05, 4.69) is 0 Å². The molecule has 0 aliphatic carbocycles. The molecule has 5 heteroatoms. The van der Waals surface area contributed by atoms with Gasteiger partial charge in [-0.3, -0.25) is 4.79 Å². The van der Waals surface area contributed by atoms with Crippen LogP contribution in [0.5, 0.6) is 5.75 Å². The van der Waals surface area contributed by atoms with E-state index in [1.165, 1.54) is 6.08 Å². The zero-order valence-electron chi connectivity index (χ0n) is 14.8. The summed E-state index contributed by atoms with van der Waals surface area (Å²) in [5.41, 5.74) is 2.88. The van der Waals surface area contributed by atoms with Crippen LogP contribution in [0.2, 0.25) is 0 Å². The Hall–Kier alpha value is -3.08. The molecule has 0 radical (unpaired) electrons. The number of hydrogen-bond acceptors (Lipinski definition) is 4. The molecule has 1 amide bonds. The number of methoxy groups -OCH3 is 1. The molecule has 1 heterocycles. The lowest BCUT2D eigenvalue weighted by Crippen LogP contribution is -2.38. The molecule has 0 fully saturated rings. The van der Waals surface area contributed by atoms with Gasteiger partial charge >= 0.3 is 5.97 Å². The summed E-state index contributed by atoms with van der Waals surface area (Å²) in [5.74, 6) is -0.00913. The van der Waals surface area contributed by atoms with Gasteiger partial charge in [-0.05, 0) is 48.7 Å². The molecule has 3 rings (SSSR count). The summed E-state index contributed by atoms with van der Waals surface area (Å²) in [6.07, 6.45) is 2.95. The molecule has 0 bridgehead atoms. The minimum Gasteiger partial charge on any atom is -0.497 e. The van der Waals surface area contributed by atoms with Crippen molar-refractivity contribution in [1.82, 2.24) is 0 Å². The molecule has 2 aromatic carbocycles. The van der Waals surface area contributed by atoms with Crippen molar-refractivity contribution in [2.75, 3.05) is 18.6 Å². The molecule has 1 atom stereocenters. The first-order valence-corrected chi connectivity index (χ1v) is 8.50. The van der Waals surface area contributed by atoms with Crippen LogP contribution in [0, 0.1) is 0 Å². The van der Waals surface area contributed by atoms with Crippen LogP contribution in [0.1, 0.15) is 18.1 Å². The van der Waals surface area contributed by atoms with E-state index < -0.39 is 12.1 Å². The third kappa shape index (κ3) is 3.94. The topological polar surface area (TPSA) is 55.8 Å². The number of hydrogen-bond donors (Lipinski definition) is 0. The first-order valence-electron chi connectivity index (χ1n) is 8.50. The van der Waals surface area contributed by atoms with Crippen LogP contribution in [-0.2, 0) is 20.7 Å². The number of ether oxygens (including phenoxy) is 2. The Morgan fingerprint density at radius 1 is 1.12 bits per heavy atom. The van der Waals surface area contributed by atoms with Crippen LogP contribution in [0.3, 0.4) is 0 Å².